The van der Waals surface area contributed by atoms with Gasteiger partial charge in [-0.25, -0.2) is 0 Å². The van der Waals surface area contributed by atoms with Crippen molar-refractivity contribution in [1.82, 2.24) is 10.9 Å². The Balaban J connectivity index is 2.39. The molecule has 2 atom stereocenters. The maximum Gasteiger partial charge on any atom is 0.254 e. The van der Waals surface area contributed by atoms with Crippen molar-refractivity contribution in [3.8, 4) is 0 Å². The van der Waals surface area contributed by atoms with Gasteiger partial charge in [0.25, 0.3) is 5.91 Å². The molecule has 0 radical (unpaired) electrons. The predicted molar refractivity (Wildman–Crippen MR) is 64.7 cm³/mol. The fourth-order valence-corrected chi connectivity index (χ4v) is 1.93. The van der Waals surface area contributed by atoms with Gasteiger partial charge >= 0.3 is 0 Å². The van der Waals surface area contributed by atoms with Crippen LogP contribution in [0.3, 0.4) is 0 Å². The minimum absolute atomic E-state index is 0.158. The van der Waals surface area contributed by atoms with Crippen molar-refractivity contribution in [2.24, 2.45) is 5.41 Å². The first-order valence-electron chi connectivity index (χ1n) is 4.62. The number of amides is 2. The first-order chi connectivity index (χ1) is 6.68. The lowest BCUT2D eigenvalue weighted by Crippen LogP contribution is -2.50. The van der Waals surface area contributed by atoms with E-state index in [1.54, 1.807) is 13.8 Å². The van der Waals surface area contributed by atoms with Crippen LogP contribution in [0.4, 0.5) is 0 Å². The SMILES string of the molecule is CC(C)(Br)C(=O)NNC(=O)[C@@]1(C)C[C@H]1Br. The zero-order chi connectivity index (χ0) is 11.9. The number of hydrogen-bond donors (Lipinski definition) is 2. The molecule has 1 rings (SSSR count). The van der Waals surface area contributed by atoms with Crippen LogP contribution in [-0.2, 0) is 9.59 Å². The minimum atomic E-state index is -0.682. The quantitative estimate of drug-likeness (QED) is 0.590. The van der Waals surface area contributed by atoms with Gasteiger partial charge in [-0.2, -0.15) is 0 Å². The summed E-state index contributed by atoms with van der Waals surface area (Å²) in [6.45, 7) is 5.27. The number of hydrazine groups is 1. The molecule has 1 saturated carbocycles. The van der Waals surface area contributed by atoms with Gasteiger partial charge in [-0.05, 0) is 27.2 Å². The van der Waals surface area contributed by atoms with Crippen molar-refractivity contribution in [2.75, 3.05) is 0 Å². The maximum atomic E-state index is 11.6. The molecule has 1 aliphatic carbocycles. The van der Waals surface area contributed by atoms with Crippen molar-refractivity contribution in [1.29, 1.82) is 0 Å². The molecular weight excluding hydrogens is 328 g/mol. The molecule has 1 aliphatic rings. The van der Waals surface area contributed by atoms with Crippen LogP contribution in [0.25, 0.3) is 0 Å². The van der Waals surface area contributed by atoms with E-state index >= 15 is 0 Å². The van der Waals surface area contributed by atoms with Crippen LogP contribution in [0, 0.1) is 5.41 Å². The molecule has 0 heterocycles. The lowest BCUT2D eigenvalue weighted by atomic mass is 10.1. The summed E-state index contributed by atoms with van der Waals surface area (Å²) in [6, 6.07) is 0. The lowest BCUT2D eigenvalue weighted by molar-refractivity contribution is -0.132. The average Bonchev–Trinajstić information content (AvgIpc) is 2.69. The highest BCUT2D eigenvalue weighted by atomic mass is 79.9. The summed E-state index contributed by atoms with van der Waals surface area (Å²) in [4.78, 5) is 23.2. The van der Waals surface area contributed by atoms with Gasteiger partial charge in [0.05, 0.1) is 5.41 Å². The normalized spacial score (nSPS) is 29.5. The Hall–Kier alpha value is -0.100. The third-order valence-electron chi connectivity index (χ3n) is 2.48. The molecule has 2 N–H and O–H groups in total. The summed E-state index contributed by atoms with van der Waals surface area (Å²) in [5, 5.41) is 0. The number of alkyl halides is 2. The molecule has 0 aromatic carbocycles. The molecule has 0 spiro atoms. The summed E-state index contributed by atoms with van der Waals surface area (Å²) in [7, 11) is 0. The molecule has 0 bridgehead atoms. The van der Waals surface area contributed by atoms with Gasteiger partial charge < -0.3 is 0 Å². The monoisotopic (exact) mass is 340 g/mol. The third-order valence-corrected chi connectivity index (χ3v) is 4.18. The van der Waals surface area contributed by atoms with Crippen molar-refractivity contribution >= 4 is 43.7 Å². The molecule has 0 aromatic heterocycles. The molecule has 4 nitrogen and oxygen atoms in total. The molecule has 0 saturated heterocycles. The largest absolute Gasteiger partial charge is 0.273 e. The Morgan fingerprint density at radius 3 is 2.20 bits per heavy atom. The van der Waals surface area contributed by atoms with Crippen LogP contribution in [0.5, 0.6) is 0 Å². The Morgan fingerprint density at radius 1 is 1.40 bits per heavy atom. The molecular formula is C9H14Br2N2O2. The highest BCUT2D eigenvalue weighted by Gasteiger charge is 2.54. The van der Waals surface area contributed by atoms with Crippen LogP contribution in [0.15, 0.2) is 0 Å². The van der Waals surface area contributed by atoms with Gasteiger partial charge in [-0.1, -0.05) is 31.9 Å². The number of hydrogen-bond acceptors (Lipinski definition) is 2. The summed E-state index contributed by atoms with van der Waals surface area (Å²) in [5.41, 5.74) is 4.42. The second-order valence-electron chi connectivity index (χ2n) is 4.47. The average molecular weight is 342 g/mol. The van der Waals surface area contributed by atoms with E-state index < -0.39 is 4.32 Å². The number of rotatable bonds is 2. The Bertz CT molecular complexity index is 301. The fraction of sp³-hybridized carbons (Fsp3) is 0.778. The number of carbonyl (C=O) groups excluding carboxylic acids is 2. The van der Waals surface area contributed by atoms with Gasteiger partial charge in [0, 0.05) is 4.83 Å². The Kier molecular flexibility index (Phi) is 3.50. The summed E-state index contributed by atoms with van der Waals surface area (Å²) >= 11 is 6.57. The minimum Gasteiger partial charge on any atom is -0.273 e. The van der Waals surface area contributed by atoms with E-state index in [1.807, 2.05) is 6.92 Å². The molecule has 0 aromatic rings. The molecule has 1 fully saturated rings. The van der Waals surface area contributed by atoms with E-state index in [9.17, 15) is 9.59 Å². The standard InChI is InChI=1S/C9H14Br2N2O2/c1-8(2,11)6(14)12-13-7(15)9(3)4-5(9)10/h5H,4H2,1-3H3,(H,12,14)(H,13,15)/t5-,9+/m1/s1. The number of halogens is 2. The fourth-order valence-electron chi connectivity index (χ4n) is 0.953. The second-order valence-corrected chi connectivity index (χ2v) is 7.56. The molecule has 6 heteroatoms. The van der Waals surface area contributed by atoms with Crippen LogP contribution in [-0.4, -0.2) is 21.0 Å². The van der Waals surface area contributed by atoms with Gasteiger partial charge in [0.1, 0.15) is 4.32 Å². The van der Waals surface area contributed by atoms with Crippen LogP contribution in [0.1, 0.15) is 27.2 Å². The van der Waals surface area contributed by atoms with Crippen molar-refractivity contribution in [3.05, 3.63) is 0 Å². The van der Waals surface area contributed by atoms with E-state index in [-0.39, 0.29) is 22.1 Å². The molecule has 15 heavy (non-hydrogen) atoms. The first-order valence-corrected chi connectivity index (χ1v) is 6.32. The zero-order valence-corrected chi connectivity index (χ0v) is 12.0. The van der Waals surface area contributed by atoms with Crippen molar-refractivity contribution in [2.45, 2.75) is 36.3 Å². The van der Waals surface area contributed by atoms with E-state index in [0.29, 0.717) is 0 Å². The van der Waals surface area contributed by atoms with E-state index in [0.717, 1.165) is 6.42 Å². The number of nitrogens with one attached hydrogen (secondary N) is 2. The Morgan fingerprint density at radius 2 is 1.87 bits per heavy atom. The van der Waals surface area contributed by atoms with E-state index in [2.05, 4.69) is 42.7 Å². The molecule has 0 aliphatic heterocycles. The smallest absolute Gasteiger partial charge is 0.254 e. The highest BCUT2D eigenvalue weighted by molar-refractivity contribution is 9.10. The molecule has 0 unspecified atom stereocenters. The van der Waals surface area contributed by atoms with Gasteiger partial charge in [0.15, 0.2) is 0 Å². The summed E-state index contributed by atoms with van der Waals surface area (Å²) < 4.78 is -0.682. The van der Waals surface area contributed by atoms with Crippen molar-refractivity contribution < 1.29 is 9.59 Å². The molecule has 86 valence electrons. The van der Waals surface area contributed by atoms with Crippen LogP contribution in [0.2, 0.25) is 0 Å². The van der Waals surface area contributed by atoms with Crippen molar-refractivity contribution in [3.63, 3.8) is 0 Å². The second kappa shape index (κ2) is 4.05. The topological polar surface area (TPSA) is 58.2 Å². The van der Waals surface area contributed by atoms with Gasteiger partial charge in [-0.15, -0.1) is 0 Å². The van der Waals surface area contributed by atoms with E-state index in [1.165, 1.54) is 0 Å². The highest BCUT2D eigenvalue weighted by Crippen LogP contribution is 2.51. The van der Waals surface area contributed by atoms with Gasteiger partial charge in [0.2, 0.25) is 5.91 Å². The van der Waals surface area contributed by atoms with Gasteiger partial charge in [-0.3, -0.25) is 20.4 Å². The van der Waals surface area contributed by atoms with Crippen LogP contribution < -0.4 is 10.9 Å². The summed E-state index contributed by atoms with van der Waals surface area (Å²) in [6.07, 6.45) is 0.798. The summed E-state index contributed by atoms with van der Waals surface area (Å²) in [5.74, 6) is -0.430. The predicted octanol–water partition coefficient (Wildman–Crippen LogP) is 1.48. The number of carbonyl (C=O) groups is 2. The Labute approximate surface area is 106 Å². The third kappa shape index (κ3) is 2.93. The zero-order valence-electron chi connectivity index (χ0n) is 8.86. The maximum absolute atomic E-state index is 11.6. The first kappa shape index (κ1) is 13.0. The molecule has 2 amide bonds. The lowest BCUT2D eigenvalue weighted by Gasteiger charge is -2.17. The van der Waals surface area contributed by atoms with E-state index in [4.69, 9.17) is 0 Å². The van der Waals surface area contributed by atoms with Crippen LogP contribution >= 0.6 is 31.9 Å².